The van der Waals surface area contributed by atoms with Crippen LogP contribution in [0.5, 0.6) is 0 Å². The van der Waals surface area contributed by atoms with E-state index in [1.807, 2.05) is 60.7 Å². The van der Waals surface area contributed by atoms with E-state index in [4.69, 9.17) is 19.9 Å². The van der Waals surface area contributed by atoms with Gasteiger partial charge >= 0.3 is 0 Å². The maximum atomic E-state index is 5.45. The third kappa shape index (κ3) is 4.67. The first-order valence-corrected chi connectivity index (χ1v) is 18.1. The van der Waals surface area contributed by atoms with Gasteiger partial charge in [0.05, 0.1) is 27.8 Å². The number of hydrogen-bond acceptors (Lipinski definition) is 4. The highest BCUT2D eigenvalue weighted by Crippen LogP contribution is 2.42. The second-order valence-corrected chi connectivity index (χ2v) is 13.5. The molecule has 4 heterocycles. The Bertz CT molecular complexity index is 3130. The van der Waals surface area contributed by atoms with Crippen molar-refractivity contribution in [1.29, 1.82) is 0 Å². The molecule has 6 heteroatoms. The Morgan fingerprint density at radius 2 is 0.833 bits per heavy atom. The van der Waals surface area contributed by atoms with Crippen molar-refractivity contribution in [2.45, 2.75) is 0 Å². The van der Waals surface area contributed by atoms with E-state index in [1.54, 1.807) is 0 Å². The molecule has 0 aliphatic rings. The molecule has 0 fully saturated rings. The molecule has 0 aliphatic carbocycles. The Morgan fingerprint density at radius 1 is 0.333 bits per heavy atom. The molecule has 6 nitrogen and oxygen atoms in total. The van der Waals surface area contributed by atoms with Crippen molar-refractivity contribution < 1.29 is 0 Å². The smallest absolute Gasteiger partial charge is 0.238 e. The number of hydrogen-bond donors (Lipinski definition) is 0. The number of rotatable bonds is 5. The van der Waals surface area contributed by atoms with Crippen LogP contribution in [0.3, 0.4) is 0 Å². The van der Waals surface area contributed by atoms with E-state index in [9.17, 15) is 0 Å². The Balaban J connectivity index is 1.31. The van der Waals surface area contributed by atoms with Gasteiger partial charge in [-0.15, -0.1) is 0 Å². The van der Waals surface area contributed by atoms with Crippen molar-refractivity contribution in [1.82, 2.24) is 28.9 Å². The summed E-state index contributed by atoms with van der Waals surface area (Å²) in [5.41, 5.74) is 9.07. The molecule has 252 valence electrons. The number of pyridine rings is 1. The van der Waals surface area contributed by atoms with Gasteiger partial charge in [-0.05, 0) is 23.6 Å². The van der Waals surface area contributed by atoms with Crippen molar-refractivity contribution in [3.8, 4) is 51.4 Å². The zero-order valence-corrected chi connectivity index (χ0v) is 29.0. The van der Waals surface area contributed by atoms with E-state index in [-0.39, 0.29) is 0 Å². The molecule has 0 spiro atoms. The van der Waals surface area contributed by atoms with Crippen molar-refractivity contribution in [2.24, 2.45) is 0 Å². The van der Waals surface area contributed by atoms with E-state index in [0.29, 0.717) is 17.6 Å². The molecule has 0 N–H and O–H groups in total. The van der Waals surface area contributed by atoms with E-state index in [1.165, 1.54) is 5.39 Å². The topological polar surface area (TPSA) is 60.9 Å². The number of imidazole rings is 1. The molecule has 11 rings (SSSR count). The number of fused-ring (bicyclic) bond motifs is 9. The summed E-state index contributed by atoms with van der Waals surface area (Å²) < 4.78 is 4.55. The van der Waals surface area contributed by atoms with Crippen LogP contribution in [0.15, 0.2) is 182 Å². The minimum Gasteiger partial charge on any atom is -0.291 e. The van der Waals surface area contributed by atoms with E-state index in [2.05, 4.69) is 130 Å². The van der Waals surface area contributed by atoms with Gasteiger partial charge in [-0.1, -0.05) is 164 Å². The molecule has 0 aliphatic heterocycles. The molecule has 0 saturated carbocycles. The average Bonchev–Trinajstić information content (AvgIpc) is 3.81. The third-order valence-corrected chi connectivity index (χ3v) is 10.3. The third-order valence-electron chi connectivity index (χ3n) is 10.3. The lowest BCUT2D eigenvalue weighted by Crippen LogP contribution is -2.06. The minimum absolute atomic E-state index is 0.559. The van der Waals surface area contributed by atoms with Gasteiger partial charge < -0.3 is 0 Å². The highest BCUT2D eigenvalue weighted by Gasteiger charge is 2.23. The lowest BCUT2D eigenvalue weighted by Gasteiger charge is -2.14. The molecular formula is C48H30N6. The molecule has 0 unspecified atom stereocenters. The van der Waals surface area contributed by atoms with E-state index >= 15 is 0 Å². The monoisotopic (exact) mass is 690 g/mol. The quantitative estimate of drug-likeness (QED) is 0.169. The summed E-state index contributed by atoms with van der Waals surface area (Å²) in [5, 5.41) is 5.72. The highest BCUT2D eigenvalue weighted by atomic mass is 15.2. The van der Waals surface area contributed by atoms with Crippen molar-refractivity contribution in [2.75, 3.05) is 0 Å². The summed E-state index contributed by atoms with van der Waals surface area (Å²) in [7, 11) is 0. The van der Waals surface area contributed by atoms with Crippen LogP contribution in [-0.4, -0.2) is 28.9 Å². The Hall–Kier alpha value is -7.44. The number of nitrogens with zero attached hydrogens (tertiary/aromatic N) is 6. The average molecular weight is 691 g/mol. The van der Waals surface area contributed by atoms with E-state index < -0.39 is 0 Å². The van der Waals surface area contributed by atoms with Gasteiger partial charge in [-0.3, -0.25) is 8.97 Å². The fraction of sp³-hybridized carbons (Fsp3) is 0. The van der Waals surface area contributed by atoms with Crippen LogP contribution in [0.1, 0.15) is 0 Å². The normalized spacial score (nSPS) is 11.7. The van der Waals surface area contributed by atoms with Crippen LogP contribution >= 0.6 is 0 Å². The Morgan fingerprint density at radius 3 is 1.46 bits per heavy atom. The molecule has 0 atom stereocenters. The number of aromatic nitrogens is 6. The van der Waals surface area contributed by atoms with Crippen LogP contribution in [0.4, 0.5) is 0 Å². The van der Waals surface area contributed by atoms with Crippen molar-refractivity contribution in [3.05, 3.63) is 182 Å². The van der Waals surface area contributed by atoms with Crippen molar-refractivity contribution >= 4 is 49.0 Å². The second-order valence-electron chi connectivity index (χ2n) is 13.5. The SMILES string of the molecule is c1ccc(-c2nc(-c3ccccc3)nc(-n3c4ccccc4c4cc5c6ccccc6c6c(-c7ccccc7)nc(-c7ccccc7)n6c5cc43)n2)cc1. The first kappa shape index (κ1) is 30.2. The Kier molecular flexibility index (Phi) is 6.75. The lowest BCUT2D eigenvalue weighted by atomic mass is 10.0. The number of benzene rings is 7. The molecule has 7 aromatic carbocycles. The predicted octanol–water partition coefficient (Wildman–Crippen LogP) is 11.6. The summed E-state index contributed by atoms with van der Waals surface area (Å²) in [6.07, 6.45) is 0. The molecule has 4 aromatic heterocycles. The molecule has 54 heavy (non-hydrogen) atoms. The standard InChI is InChI=1S/C48H30N6/c1-5-17-31(18-6-1)43-44-37-27-14-13-25-35(37)38-29-39-36-26-15-16-28-40(36)53(41(39)30-42(38)54(44)47(49-43)34-23-11-4-12-24-34)48-51-45(32-19-7-2-8-20-32)50-46(52-48)33-21-9-3-10-22-33/h1-30H. The predicted molar refractivity (Wildman–Crippen MR) is 220 cm³/mol. The summed E-state index contributed by atoms with van der Waals surface area (Å²) in [6, 6.07) is 63.1. The zero-order valence-electron chi connectivity index (χ0n) is 29.0. The van der Waals surface area contributed by atoms with Crippen LogP contribution < -0.4 is 0 Å². The highest BCUT2D eigenvalue weighted by molar-refractivity contribution is 6.21. The van der Waals surface area contributed by atoms with Gasteiger partial charge in [0, 0.05) is 43.8 Å². The Labute approximate surface area is 310 Å². The molecule has 0 saturated heterocycles. The summed E-state index contributed by atoms with van der Waals surface area (Å²) in [5.74, 6) is 2.69. The first-order valence-electron chi connectivity index (χ1n) is 18.1. The number of para-hydroxylation sites is 1. The second kappa shape index (κ2) is 12.1. The van der Waals surface area contributed by atoms with Gasteiger partial charge in [0.25, 0.3) is 0 Å². The zero-order chi connectivity index (χ0) is 35.6. The van der Waals surface area contributed by atoms with E-state index in [0.717, 1.165) is 77.4 Å². The minimum atomic E-state index is 0.559. The molecule has 0 amide bonds. The molecule has 11 aromatic rings. The van der Waals surface area contributed by atoms with Gasteiger partial charge in [-0.2, -0.15) is 9.97 Å². The van der Waals surface area contributed by atoms with Crippen LogP contribution in [0.25, 0.3) is 100 Å². The molecule has 0 bridgehead atoms. The van der Waals surface area contributed by atoms with Gasteiger partial charge in [0.1, 0.15) is 5.82 Å². The molecular weight excluding hydrogens is 661 g/mol. The largest absolute Gasteiger partial charge is 0.291 e. The molecule has 0 radical (unpaired) electrons. The van der Waals surface area contributed by atoms with Crippen LogP contribution in [0, 0.1) is 0 Å². The fourth-order valence-corrected chi connectivity index (χ4v) is 7.92. The fourth-order valence-electron chi connectivity index (χ4n) is 7.92. The van der Waals surface area contributed by atoms with Crippen LogP contribution in [0.2, 0.25) is 0 Å². The maximum absolute atomic E-state index is 5.45. The van der Waals surface area contributed by atoms with Gasteiger partial charge in [-0.25, -0.2) is 9.97 Å². The first-order chi connectivity index (χ1) is 26.8. The summed E-state index contributed by atoms with van der Waals surface area (Å²) >= 11 is 0. The summed E-state index contributed by atoms with van der Waals surface area (Å²) in [4.78, 5) is 20.8. The van der Waals surface area contributed by atoms with Gasteiger partial charge in [0.2, 0.25) is 5.95 Å². The maximum Gasteiger partial charge on any atom is 0.238 e. The lowest BCUT2D eigenvalue weighted by molar-refractivity contribution is 0.953. The van der Waals surface area contributed by atoms with Crippen LogP contribution in [-0.2, 0) is 0 Å². The van der Waals surface area contributed by atoms with Gasteiger partial charge in [0.15, 0.2) is 11.6 Å². The summed E-state index contributed by atoms with van der Waals surface area (Å²) in [6.45, 7) is 0. The van der Waals surface area contributed by atoms with Crippen molar-refractivity contribution in [3.63, 3.8) is 0 Å².